The van der Waals surface area contributed by atoms with Gasteiger partial charge in [0.2, 0.25) is 0 Å². The van der Waals surface area contributed by atoms with Gasteiger partial charge in [-0.25, -0.2) is 0 Å². The minimum Gasteiger partial charge on any atom is -0.398 e. The van der Waals surface area contributed by atoms with Crippen LogP contribution in [0.3, 0.4) is 0 Å². The number of benzene rings is 1. The van der Waals surface area contributed by atoms with Crippen molar-refractivity contribution in [2.24, 2.45) is 0 Å². The molecule has 1 atom stereocenters. The van der Waals surface area contributed by atoms with Crippen LogP contribution in [0.25, 0.3) is 0 Å². The van der Waals surface area contributed by atoms with Crippen molar-refractivity contribution in [1.82, 2.24) is 10.2 Å². The summed E-state index contributed by atoms with van der Waals surface area (Å²) in [5.74, 6) is 0. The van der Waals surface area contributed by atoms with E-state index >= 15 is 0 Å². The summed E-state index contributed by atoms with van der Waals surface area (Å²) in [7, 11) is 0. The van der Waals surface area contributed by atoms with Crippen LogP contribution in [0.4, 0.5) is 5.69 Å². The van der Waals surface area contributed by atoms with Gasteiger partial charge in [0.1, 0.15) is 0 Å². The molecule has 106 valence electrons. The molecule has 0 spiro atoms. The number of hydrogen-bond donors (Lipinski definition) is 2. The highest BCUT2D eigenvalue weighted by atomic mass is 79.9. The number of rotatable bonds is 4. The number of nitrogens with one attached hydrogen (secondary N) is 1. The first-order valence-corrected chi connectivity index (χ1v) is 8.41. The number of hydrogen-bond acceptors (Lipinski definition) is 3. The van der Waals surface area contributed by atoms with Crippen molar-refractivity contribution in [3.05, 3.63) is 26.6 Å². The molecule has 1 saturated heterocycles. The van der Waals surface area contributed by atoms with Gasteiger partial charge in [-0.05, 0) is 40.0 Å². The van der Waals surface area contributed by atoms with Crippen LogP contribution < -0.4 is 11.1 Å². The van der Waals surface area contributed by atoms with E-state index in [0.717, 1.165) is 53.7 Å². The van der Waals surface area contributed by atoms with Gasteiger partial charge < -0.3 is 11.1 Å². The van der Waals surface area contributed by atoms with Crippen molar-refractivity contribution in [3.8, 4) is 0 Å². The standard InChI is InChI=1S/C14H21Br2N3/c1-2-3-13(19-6-4-18-5-7-19)11-8-10(15)9-12(16)14(11)17/h8-9,13,18H,2-7,17H2,1H3/t13-/m1/s1. The maximum absolute atomic E-state index is 6.28. The smallest absolute Gasteiger partial charge is 0.0507 e. The van der Waals surface area contributed by atoms with Crippen LogP contribution in [-0.2, 0) is 0 Å². The fourth-order valence-electron chi connectivity index (χ4n) is 2.68. The maximum atomic E-state index is 6.28. The molecule has 1 heterocycles. The zero-order chi connectivity index (χ0) is 13.8. The summed E-state index contributed by atoms with van der Waals surface area (Å²) >= 11 is 7.13. The molecule has 19 heavy (non-hydrogen) atoms. The maximum Gasteiger partial charge on any atom is 0.0507 e. The largest absolute Gasteiger partial charge is 0.398 e. The first kappa shape index (κ1) is 15.3. The van der Waals surface area contributed by atoms with E-state index in [0.29, 0.717) is 6.04 Å². The highest BCUT2D eigenvalue weighted by Gasteiger charge is 2.24. The first-order valence-electron chi connectivity index (χ1n) is 6.82. The van der Waals surface area contributed by atoms with Crippen LogP contribution in [0.15, 0.2) is 21.1 Å². The average molecular weight is 391 g/mol. The fraction of sp³-hybridized carbons (Fsp3) is 0.571. The predicted molar refractivity (Wildman–Crippen MR) is 88.3 cm³/mol. The Morgan fingerprint density at radius 2 is 2.00 bits per heavy atom. The van der Waals surface area contributed by atoms with Crippen molar-refractivity contribution in [3.63, 3.8) is 0 Å². The van der Waals surface area contributed by atoms with E-state index in [1.54, 1.807) is 0 Å². The van der Waals surface area contributed by atoms with E-state index in [4.69, 9.17) is 5.73 Å². The van der Waals surface area contributed by atoms with Crippen molar-refractivity contribution in [2.45, 2.75) is 25.8 Å². The monoisotopic (exact) mass is 389 g/mol. The molecule has 3 nitrogen and oxygen atoms in total. The van der Waals surface area contributed by atoms with Gasteiger partial charge in [-0.1, -0.05) is 29.3 Å². The molecule has 5 heteroatoms. The van der Waals surface area contributed by atoms with E-state index in [-0.39, 0.29) is 0 Å². The van der Waals surface area contributed by atoms with Crippen molar-refractivity contribution in [1.29, 1.82) is 0 Å². The van der Waals surface area contributed by atoms with E-state index in [1.807, 2.05) is 6.07 Å². The van der Waals surface area contributed by atoms with E-state index in [1.165, 1.54) is 5.56 Å². The third-order valence-corrected chi connectivity index (χ3v) is 4.75. The molecule has 1 aliphatic rings. The van der Waals surface area contributed by atoms with Crippen LogP contribution >= 0.6 is 31.9 Å². The van der Waals surface area contributed by atoms with E-state index < -0.39 is 0 Å². The molecule has 0 aromatic heterocycles. The van der Waals surface area contributed by atoms with Gasteiger partial charge >= 0.3 is 0 Å². The molecule has 0 saturated carbocycles. The molecule has 1 fully saturated rings. The van der Waals surface area contributed by atoms with E-state index in [2.05, 4.69) is 55.1 Å². The lowest BCUT2D eigenvalue weighted by Crippen LogP contribution is -2.45. The van der Waals surface area contributed by atoms with Crippen LogP contribution in [-0.4, -0.2) is 31.1 Å². The molecule has 0 amide bonds. The summed E-state index contributed by atoms with van der Waals surface area (Å²) in [5, 5.41) is 3.41. The Hall–Kier alpha value is -0.100. The van der Waals surface area contributed by atoms with Gasteiger partial charge in [0, 0.05) is 41.2 Å². The number of anilines is 1. The second kappa shape index (κ2) is 7.07. The lowest BCUT2D eigenvalue weighted by atomic mass is 9.98. The third-order valence-electron chi connectivity index (χ3n) is 3.64. The molecule has 2 rings (SSSR count). The summed E-state index contributed by atoms with van der Waals surface area (Å²) in [6, 6.07) is 4.60. The Kier molecular flexibility index (Phi) is 5.69. The minimum absolute atomic E-state index is 0.418. The summed E-state index contributed by atoms with van der Waals surface area (Å²) in [4.78, 5) is 2.55. The molecule has 1 aliphatic heterocycles. The lowest BCUT2D eigenvalue weighted by Gasteiger charge is -2.36. The molecule has 1 aromatic rings. The molecular weight excluding hydrogens is 370 g/mol. The minimum atomic E-state index is 0.418. The Morgan fingerprint density at radius 3 is 2.63 bits per heavy atom. The van der Waals surface area contributed by atoms with Crippen LogP contribution in [0.1, 0.15) is 31.4 Å². The molecular formula is C14H21Br2N3. The van der Waals surface area contributed by atoms with Crippen molar-refractivity contribution < 1.29 is 0 Å². The highest BCUT2D eigenvalue weighted by molar-refractivity contribution is 9.11. The number of piperazine rings is 1. The van der Waals surface area contributed by atoms with Crippen LogP contribution in [0.5, 0.6) is 0 Å². The summed E-state index contributed by atoms with van der Waals surface area (Å²) in [6.45, 7) is 6.55. The Morgan fingerprint density at radius 1 is 1.32 bits per heavy atom. The zero-order valence-corrected chi connectivity index (χ0v) is 14.4. The lowest BCUT2D eigenvalue weighted by molar-refractivity contribution is 0.165. The van der Waals surface area contributed by atoms with Gasteiger partial charge in [-0.3, -0.25) is 4.90 Å². The molecule has 1 aromatic carbocycles. The molecule has 3 N–H and O–H groups in total. The first-order chi connectivity index (χ1) is 9.13. The van der Waals surface area contributed by atoms with Crippen LogP contribution in [0.2, 0.25) is 0 Å². The Balaban J connectivity index is 2.32. The third kappa shape index (κ3) is 3.72. The summed E-state index contributed by atoms with van der Waals surface area (Å²) in [6.07, 6.45) is 2.31. The molecule has 0 bridgehead atoms. The second-order valence-electron chi connectivity index (χ2n) is 4.98. The normalized spacial score (nSPS) is 18.5. The quantitative estimate of drug-likeness (QED) is 0.772. The highest BCUT2D eigenvalue weighted by Crippen LogP contribution is 2.36. The van der Waals surface area contributed by atoms with Gasteiger partial charge in [0.05, 0.1) is 5.69 Å². The molecule has 0 aliphatic carbocycles. The fourth-order valence-corrected chi connectivity index (χ4v) is 3.94. The van der Waals surface area contributed by atoms with Gasteiger partial charge in [-0.2, -0.15) is 0 Å². The van der Waals surface area contributed by atoms with Crippen LogP contribution in [0, 0.1) is 0 Å². The van der Waals surface area contributed by atoms with Crippen molar-refractivity contribution in [2.75, 3.05) is 31.9 Å². The topological polar surface area (TPSA) is 41.3 Å². The molecule has 0 radical (unpaired) electrons. The van der Waals surface area contributed by atoms with Gasteiger partial charge in [0.25, 0.3) is 0 Å². The average Bonchev–Trinajstić information content (AvgIpc) is 2.41. The Labute approximate surface area is 132 Å². The van der Waals surface area contributed by atoms with Gasteiger partial charge in [0.15, 0.2) is 0 Å². The second-order valence-corrected chi connectivity index (χ2v) is 6.75. The predicted octanol–water partition coefficient (Wildman–Crippen LogP) is 3.54. The Bertz CT molecular complexity index is 431. The SMILES string of the molecule is CCC[C@H](c1cc(Br)cc(Br)c1N)N1CCNCC1. The number of nitrogens with two attached hydrogens (primary N) is 1. The number of nitrogens with zero attached hydrogens (tertiary/aromatic N) is 1. The summed E-state index contributed by atoms with van der Waals surface area (Å²) in [5.41, 5.74) is 8.40. The molecule has 0 unspecified atom stereocenters. The van der Waals surface area contributed by atoms with Crippen molar-refractivity contribution >= 4 is 37.5 Å². The van der Waals surface area contributed by atoms with Gasteiger partial charge in [-0.15, -0.1) is 0 Å². The van der Waals surface area contributed by atoms with E-state index in [9.17, 15) is 0 Å². The zero-order valence-electron chi connectivity index (χ0n) is 11.3. The number of halogens is 2. The summed E-state index contributed by atoms with van der Waals surface area (Å²) < 4.78 is 2.06. The number of nitrogen functional groups attached to an aromatic ring is 1.